The fourth-order valence-electron chi connectivity index (χ4n) is 4.57. The van der Waals surface area contributed by atoms with Crippen LogP contribution in [0.25, 0.3) is 32.9 Å². The van der Waals surface area contributed by atoms with Crippen molar-refractivity contribution in [1.29, 1.82) is 0 Å². The third-order valence-corrected chi connectivity index (χ3v) is 7.50. The van der Waals surface area contributed by atoms with Crippen LogP contribution in [0.4, 0.5) is 11.4 Å². The number of carbonyl (C=O) groups excluding carboxylic acids is 2. The summed E-state index contributed by atoms with van der Waals surface area (Å²) in [5, 5.41) is 16.8. The van der Waals surface area contributed by atoms with Crippen LogP contribution >= 0.6 is 0 Å². The first-order valence-corrected chi connectivity index (χ1v) is 13.8. The topological polar surface area (TPSA) is 154 Å². The van der Waals surface area contributed by atoms with Crippen LogP contribution in [0.15, 0.2) is 108 Å². The van der Waals surface area contributed by atoms with Gasteiger partial charge in [0.15, 0.2) is 0 Å². The molecule has 0 aliphatic carbocycles. The first-order valence-electron chi connectivity index (χ1n) is 12.4. The lowest BCUT2D eigenvalue weighted by Gasteiger charge is -2.12. The second-order valence-corrected chi connectivity index (χ2v) is 10.6. The Morgan fingerprint density at radius 1 is 0.732 bits per heavy atom. The number of nitrogens with zero attached hydrogens (tertiary/aromatic N) is 2. The molecule has 0 aliphatic rings. The Morgan fingerprint density at radius 2 is 1.37 bits per heavy atom. The molecule has 0 spiro atoms. The maximum Gasteiger partial charge on any atom is 0.295 e. The van der Waals surface area contributed by atoms with Gasteiger partial charge in [0.05, 0.1) is 11.2 Å². The van der Waals surface area contributed by atoms with E-state index in [1.54, 1.807) is 78.9 Å². The van der Waals surface area contributed by atoms with Gasteiger partial charge in [-0.1, -0.05) is 53.7 Å². The number of anilines is 2. The minimum atomic E-state index is -4.50. The van der Waals surface area contributed by atoms with Crippen molar-refractivity contribution in [2.24, 2.45) is 0 Å². The summed E-state index contributed by atoms with van der Waals surface area (Å²) in [5.74, 6) is -0.705. The Hall–Kier alpha value is -5.39. The van der Waals surface area contributed by atoms with E-state index >= 15 is 0 Å². The smallest absolute Gasteiger partial charge is 0.295 e. The van der Waals surface area contributed by atoms with Gasteiger partial charge in [-0.2, -0.15) is 8.42 Å². The zero-order valence-corrected chi connectivity index (χ0v) is 22.0. The van der Waals surface area contributed by atoms with Gasteiger partial charge >= 0.3 is 0 Å². The van der Waals surface area contributed by atoms with Gasteiger partial charge in [-0.3, -0.25) is 19.2 Å². The second-order valence-electron chi connectivity index (χ2n) is 9.24. The number of carbonyl (C=O) groups is 2. The van der Waals surface area contributed by atoms with E-state index in [1.165, 1.54) is 12.1 Å². The van der Waals surface area contributed by atoms with Crippen molar-refractivity contribution in [3.63, 3.8) is 0 Å². The van der Waals surface area contributed by atoms with E-state index in [9.17, 15) is 22.6 Å². The highest BCUT2D eigenvalue weighted by Gasteiger charge is 2.18. The van der Waals surface area contributed by atoms with Crippen molar-refractivity contribution in [1.82, 2.24) is 15.4 Å². The molecule has 5 aromatic carbocycles. The highest BCUT2D eigenvalue weighted by atomic mass is 32.2. The minimum absolute atomic E-state index is 0.230. The van der Waals surface area contributed by atoms with Crippen molar-refractivity contribution in [3.05, 3.63) is 114 Å². The van der Waals surface area contributed by atoms with Gasteiger partial charge in [-0.25, -0.2) is 0 Å². The molecule has 41 heavy (non-hydrogen) atoms. The first kappa shape index (κ1) is 25.9. The number of hydrogen-bond acceptors (Lipinski definition) is 6. The molecule has 0 unspecified atom stereocenters. The monoisotopic (exact) mass is 563 g/mol. The van der Waals surface area contributed by atoms with E-state index in [0.29, 0.717) is 27.7 Å². The van der Waals surface area contributed by atoms with Gasteiger partial charge < -0.3 is 10.6 Å². The molecule has 4 N–H and O–H groups in total. The third kappa shape index (κ3) is 5.26. The van der Waals surface area contributed by atoms with E-state index in [4.69, 9.17) is 0 Å². The molecule has 10 nitrogen and oxygen atoms in total. The first-order chi connectivity index (χ1) is 19.8. The van der Waals surface area contributed by atoms with Gasteiger partial charge in [0.1, 0.15) is 10.4 Å². The van der Waals surface area contributed by atoms with Gasteiger partial charge in [-0.05, 0) is 71.1 Å². The number of aromatic nitrogens is 3. The predicted molar refractivity (Wildman–Crippen MR) is 155 cm³/mol. The number of benzene rings is 5. The summed E-state index contributed by atoms with van der Waals surface area (Å²) < 4.78 is 33.5. The number of amides is 2. The summed E-state index contributed by atoms with van der Waals surface area (Å²) in [6.45, 7) is 0. The lowest BCUT2D eigenvalue weighted by molar-refractivity contribution is 0.101. The number of fused-ring (bicyclic) bond motifs is 2. The SMILES string of the molecule is O=C(Nc1ccc(-c2ccc(C(=O)Nc3cccc4cccc(S(=O)(=O)O)c34)cc2)cc1)c1ccc2[nH]nnc2c1. The summed E-state index contributed by atoms with van der Waals surface area (Å²) in [6.07, 6.45) is 0. The van der Waals surface area contributed by atoms with Crippen molar-refractivity contribution < 1.29 is 22.6 Å². The summed E-state index contributed by atoms with van der Waals surface area (Å²) >= 11 is 0. The molecule has 0 atom stereocenters. The van der Waals surface area contributed by atoms with Crippen molar-refractivity contribution in [2.45, 2.75) is 4.90 Å². The third-order valence-electron chi connectivity index (χ3n) is 6.60. The Kier molecular flexibility index (Phi) is 6.50. The molecule has 6 rings (SSSR count). The van der Waals surface area contributed by atoms with Crippen LogP contribution < -0.4 is 10.6 Å². The normalized spacial score (nSPS) is 11.4. The van der Waals surface area contributed by atoms with Gasteiger partial charge in [-0.15, -0.1) is 5.10 Å². The maximum absolute atomic E-state index is 13.0. The summed E-state index contributed by atoms with van der Waals surface area (Å²) in [4.78, 5) is 25.4. The molecule has 0 radical (unpaired) electrons. The van der Waals surface area contributed by atoms with Crippen LogP contribution in [0.2, 0.25) is 0 Å². The Morgan fingerprint density at radius 3 is 2.07 bits per heavy atom. The van der Waals surface area contributed by atoms with Crippen LogP contribution in [0.3, 0.4) is 0 Å². The fraction of sp³-hybridized carbons (Fsp3) is 0. The molecule has 11 heteroatoms. The second kappa shape index (κ2) is 10.3. The van der Waals surface area contributed by atoms with Gasteiger partial charge in [0.2, 0.25) is 0 Å². The zero-order chi connectivity index (χ0) is 28.6. The molecule has 0 saturated heterocycles. The van der Waals surface area contributed by atoms with Gasteiger partial charge in [0, 0.05) is 22.2 Å². The average Bonchev–Trinajstić information content (AvgIpc) is 3.45. The van der Waals surface area contributed by atoms with Gasteiger partial charge in [0.25, 0.3) is 21.9 Å². The molecule has 1 heterocycles. The Labute approximate surface area is 233 Å². The van der Waals surface area contributed by atoms with E-state index in [0.717, 1.165) is 16.6 Å². The Balaban J connectivity index is 1.16. The van der Waals surface area contributed by atoms with E-state index in [-0.39, 0.29) is 21.9 Å². The molecular weight excluding hydrogens is 542 g/mol. The van der Waals surface area contributed by atoms with Crippen molar-refractivity contribution in [2.75, 3.05) is 10.6 Å². The molecule has 0 aliphatic heterocycles. The number of nitrogens with one attached hydrogen (secondary N) is 3. The van der Waals surface area contributed by atoms with E-state index in [1.807, 2.05) is 12.1 Å². The predicted octanol–water partition coefficient (Wildman–Crippen LogP) is 5.53. The maximum atomic E-state index is 13.0. The van der Waals surface area contributed by atoms with Crippen molar-refractivity contribution in [3.8, 4) is 11.1 Å². The lowest BCUT2D eigenvalue weighted by Crippen LogP contribution is -2.13. The highest BCUT2D eigenvalue weighted by molar-refractivity contribution is 7.86. The molecule has 0 saturated carbocycles. The van der Waals surface area contributed by atoms with Crippen molar-refractivity contribution >= 4 is 55.1 Å². The average molecular weight is 564 g/mol. The molecular formula is C30H21N5O5S. The minimum Gasteiger partial charge on any atom is -0.322 e. The van der Waals surface area contributed by atoms with Crippen LogP contribution in [-0.4, -0.2) is 40.2 Å². The summed E-state index contributed by atoms with van der Waals surface area (Å²) in [7, 11) is -4.50. The summed E-state index contributed by atoms with van der Waals surface area (Å²) in [6, 6.07) is 28.8. The molecule has 1 aromatic heterocycles. The molecule has 0 bridgehead atoms. The number of hydrogen-bond donors (Lipinski definition) is 4. The van der Waals surface area contributed by atoms with Crippen LogP contribution in [0.1, 0.15) is 20.7 Å². The molecule has 2 amide bonds. The van der Waals surface area contributed by atoms with Crippen LogP contribution in [-0.2, 0) is 10.1 Å². The number of H-pyrrole nitrogens is 1. The molecule has 6 aromatic rings. The number of aromatic amines is 1. The largest absolute Gasteiger partial charge is 0.322 e. The van der Waals surface area contributed by atoms with E-state index in [2.05, 4.69) is 26.0 Å². The van der Waals surface area contributed by atoms with Crippen LogP contribution in [0.5, 0.6) is 0 Å². The highest BCUT2D eigenvalue weighted by Crippen LogP contribution is 2.31. The molecule has 202 valence electrons. The lowest BCUT2D eigenvalue weighted by atomic mass is 10.0. The summed E-state index contributed by atoms with van der Waals surface area (Å²) in [5.41, 5.74) is 4.79. The Bertz CT molecular complexity index is 2050. The molecule has 0 fully saturated rings. The standard InChI is InChI=1S/C30H21N5O5S/c36-29(32-25-5-1-3-20-4-2-6-27(28(20)25)41(38,39)40)21-9-7-18(8-10-21)19-11-14-23(15-12-19)31-30(37)22-13-16-24-26(17-22)34-35-33-24/h1-17H,(H,31,37)(H,32,36)(H,33,34,35)(H,38,39,40). The zero-order valence-electron chi connectivity index (χ0n) is 21.2. The van der Waals surface area contributed by atoms with E-state index < -0.39 is 16.0 Å². The quantitative estimate of drug-likeness (QED) is 0.194. The van der Waals surface area contributed by atoms with Crippen LogP contribution in [0, 0.1) is 0 Å². The number of rotatable bonds is 6. The fourth-order valence-corrected chi connectivity index (χ4v) is 5.30.